The highest BCUT2D eigenvalue weighted by Crippen LogP contribution is 2.42. The van der Waals surface area contributed by atoms with Crippen LogP contribution in [0.5, 0.6) is 0 Å². The summed E-state index contributed by atoms with van der Waals surface area (Å²) >= 11 is 0. The zero-order valence-electron chi connectivity index (χ0n) is 42.2. The molecule has 7 heterocycles. The quantitative estimate of drug-likeness (QED) is 0.205. The van der Waals surface area contributed by atoms with Crippen LogP contribution in [-0.4, -0.2) is 149 Å². The maximum atomic E-state index is 16.6. The molecule has 6 bridgehead atoms. The van der Waals surface area contributed by atoms with Gasteiger partial charge >= 0.3 is 12.0 Å². The van der Waals surface area contributed by atoms with Gasteiger partial charge in [0.2, 0.25) is 5.91 Å². The van der Waals surface area contributed by atoms with Crippen LogP contribution in [-0.2, 0) is 46.4 Å². The summed E-state index contributed by atoms with van der Waals surface area (Å²) in [6.07, 6.45) is 3.10. The highest BCUT2D eigenvalue weighted by Gasteiger charge is 2.47. The Bertz CT molecular complexity index is 2590. The van der Waals surface area contributed by atoms with Crippen LogP contribution in [0.3, 0.4) is 0 Å². The molecule has 0 spiro atoms. The number of anilines is 1. The predicted octanol–water partition coefficient (Wildman–Crippen LogP) is 5.38. The lowest BCUT2D eigenvalue weighted by Gasteiger charge is -2.41. The molecule has 2 N–H and O–H groups in total. The Balaban J connectivity index is 1.10. The Morgan fingerprint density at radius 3 is 2.54 bits per heavy atom. The van der Waals surface area contributed by atoms with Crippen molar-refractivity contribution in [1.82, 2.24) is 44.9 Å². The molecule has 3 aromatic heterocycles. The Morgan fingerprint density at radius 1 is 1.10 bits per heavy atom. The first kappa shape index (κ1) is 51.5. The molecule has 20 heteroatoms. The number of fused-ring (bicyclic) bond motifs is 6. The van der Waals surface area contributed by atoms with E-state index in [2.05, 4.69) is 70.3 Å². The summed E-state index contributed by atoms with van der Waals surface area (Å²) in [6, 6.07) is 7.10. The SMILES string of the molecule is CCn1c(-c2cccnc2[C@H](C)OC)c2c3cc(ccc31)N1CCO[C@@H](C[C@H](NC(=O)[C@H](C(C)C)N(C)C(=O)C3(F)CCN(C(=O)n4cc(F)[n-]4)CC3)C(=O)N3CCC[C@@H](CC(=O)OCC(C)(C)C2)N3)C1. The fourth-order valence-corrected chi connectivity index (χ4v) is 10.8. The van der Waals surface area contributed by atoms with Crippen LogP contribution in [0.1, 0.15) is 97.4 Å². The molecule has 1 aromatic carbocycles. The lowest BCUT2D eigenvalue weighted by Crippen LogP contribution is -2.63. The van der Waals surface area contributed by atoms with E-state index in [0.29, 0.717) is 52.0 Å². The standard InChI is InChI=1S/C51H69F2N10O8/c1-9-61-40-15-14-34-25-37(40)38(45(61)36-13-10-18-54-43(36)32(4)69-8)27-50(5,6)30-71-42(64)24-33-12-11-19-62(56-33)47(66)39(26-35-28-60(34)22-23-70-35)55-46(65)44(31(2)3)58(7)48(67)51(53)16-20-59(21-17-51)49(68)63-29-41(52)57-63/h10,13-15,18,25,29,31-33,35,39,44,56H,9,11-12,16-17,19-24,26-28,30H2,1-8H3,(H,55,65)/q-1/t32-,33-,35-,39-,44-/m0/s1. The molecule has 18 nitrogen and oxygen atoms in total. The van der Waals surface area contributed by atoms with Gasteiger partial charge in [-0.05, 0) is 74.9 Å². The van der Waals surface area contributed by atoms with Crippen LogP contribution in [0.4, 0.5) is 19.3 Å². The first-order valence-corrected chi connectivity index (χ1v) is 25.0. The van der Waals surface area contributed by atoms with Crippen LogP contribution in [0.2, 0.25) is 0 Å². The maximum Gasteiger partial charge on any atom is 0.310 e. The Labute approximate surface area is 413 Å². The summed E-state index contributed by atoms with van der Waals surface area (Å²) in [7, 11) is 3.05. The molecule has 0 radical (unpaired) electrons. The third kappa shape index (κ3) is 10.8. The fraction of sp³-hybridized carbons (Fsp3) is 0.608. The second-order valence-electron chi connectivity index (χ2n) is 20.7. The molecule has 4 aliphatic heterocycles. The highest BCUT2D eigenvalue weighted by atomic mass is 19.1. The molecule has 0 unspecified atom stereocenters. The number of cyclic esters (lactones) is 1. The van der Waals surface area contributed by atoms with Crippen molar-refractivity contribution in [3.05, 3.63) is 59.9 Å². The van der Waals surface area contributed by atoms with Gasteiger partial charge in [-0.3, -0.25) is 29.2 Å². The van der Waals surface area contributed by atoms with Gasteiger partial charge in [0.05, 0.1) is 43.2 Å². The number of carbonyl (C=O) groups is 5. The number of rotatable bonds is 9. The number of nitrogens with zero attached hydrogens (tertiary/aromatic N) is 8. The van der Waals surface area contributed by atoms with E-state index in [0.717, 1.165) is 54.9 Å². The van der Waals surface area contributed by atoms with Crippen molar-refractivity contribution < 1.29 is 47.0 Å². The summed E-state index contributed by atoms with van der Waals surface area (Å²) < 4.78 is 51.2. The number of aromatic nitrogens is 4. The molecule has 5 atom stereocenters. The maximum absolute atomic E-state index is 16.6. The molecule has 386 valence electrons. The molecule has 8 rings (SSSR count). The van der Waals surface area contributed by atoms with Gasteiger partial charge in [0, 0.05) is 125 Å². The number of likely N-dealkylation sites (tertiary alicyclic amines) is 1. The van der Waals surface area contributed by atoms with Gasteiger partial charge in [0.15, 0.2) is 5.67 Å². The van der Waals surface area contributed by atoms with E-state index in [1.54, 1.807) is 27.2 Å². The molecule has 0 aliphatic carbocycles. The van der Waals surface area contributed by atoms with E-state index < -0.39 is 76.9 Å². The van der Waals surface area contributed by atoms with Crippen LogP contribution in [0.15, 0.2) is 42.7 Å². The number of methoxy groups -OCH3 is 1. The highest BCUT2D eigenvalue weighted by molar-refractivity contribution is 5.96. The number of morpholine rings is 1. The van der Waals surface area contributed by atoms with Gasteiger partial charge in [-0.25, -0.2) is 19.0 Å². The summed E-state index contributed by atoms with van der Waals surface area (Å²) in [5.74, 6) is -3.71. The van der Waals surface area contributed by atoms with E-state index in [9.17, 15) is 28.4 Å². The Hall–Kier alpha value is -5.86. The van der Waals surface area contributed by atoms with E-state index in [-0.39, 0.29) is 51.5 Å². The topological polar surface area (TPSA) is 187 Å². The molecule has 3 fully saturated rings. The molecule has 3 saturated heterocycles. The minimum absolute atomic E-state index is 0.0116. The predicted molar refractivity (Wildman–Crippen MR) is 260 cm³/mol. The molecule has 4 amide bonds. The van der Waals surface area contributed by atoms with E-state index in [4.69, 9.17) is 19.2 Å². The van der Waals surface area contributed by atoms with Gasteiger partial charge in [0.1, 0.15) is 12.1 Å². The number of aryl methyl sites for hydroxylation is 1. The summed E-state index contributed by atoms with van der Waals surface area (Å²) in [5, 5.41) is 8.88. The number of likely N-dealkylation sites (N-methyl/N-ethyl adjacent to an activating group) is 1. The van der Waals surface area contributed by atoms with Crippen molar-refractivity contribution in [2.45, 2.75) is 129 Å². The number of halogens is 2. The number of pyridine rings is 1. The van der Waals surface area contributed by atoms with Gasteiger partial charge < -0.3 is 48.6 Å². The molecular formula is C51H69F2N10O8-. The van der Waals surface area contributed by atoms with Gasteiger partial charge in [-0.2, -0.15) is 0 Å². The van der Waals surface area contributed by atoms with Crippen molar-refractivity contribution in [3.8, 4) is 11.3 Å². The Kier molecular flexibility index (Phi) is 15.3. The molecule has 4 aliphatic rings. The minimum Gasteiger partial charge on any atom is -0.561 e. The lowest BCUT2D eigenvalue weighted by atomic mass is 9.84. The number of alkyl halides is 1. The van der Waals surface area contributed by atoms with Crippen LogP contribution >= 0.6 is 0 Å². The van der Waals surface area contributed by atoms with Gasteiger partial charge in [0.25, 0.3) is 11.8 Å². The first-order valence-electron chi connectivity index (χ1n) is 25.0. The normalized spacial score (nSPS) is 22.9. The Morgan fingerprint density at radius 2 is 1.85 bits per heavy atom. The number of nitrogens with one attached hydrogen (secondary N) is 2. The number of hydrogen-bond acceptors (Lipinski definition) is 11. The minimum atomic E-state index is -2.39. The summed E-state index contributed by atoms with van der Waals surface area (Å²) in [4.78, 5) is 79.3. The molecule has 0 saturated carbocycles. The fourth-order valence-electron chi connectivity index (χ4n) is 10.8. The smallest absolute Gasteiger partial charge is 0.310 e. The second kappa shape index (κ2) is 21.1. The van der Waals surface area contributed by atoms with Crippen molar-refractivity contribution in [3.63, 3.8) is 0 Å². The second-order valence-corrected chi connectivity index (χ2v) is 20.7. The zero-order chi connectivity index (χ0) is 50.9. The summed E-state index contributed by atoms with van der Waals surface area (Å²) in [6.45, 7) is 14.0. The first-order chi connectivity index (χ1) is 33.8. The van der Waals surface area contributed by atoms with E-state index in [1.165, 1.54) is 17.0 Å². The largest absolute Gasteiger partial charge is 0.561 e. The number of benzene rings is 1. The number of carbonyl (C=O) groups excluding carboxylic acids is 5. The van der Waals surface area contributed by atoms with E-state index in [1.807, 2.05) is 13.0 Å². The summed E-state index contributed by atoms with van der Waals surface area (Å²) in [5.41, 5.74) is 6.27. The zero-order valence-corrected chi connectivity index (χ0v) is 42.2. The number of esters is 1. The van der Waals surface area contributed by atoms with Crippen LogP contribution in [0.25, 0.3) is 22.2 Å². The van der Waals surface area contributed by atoms with Crippen LogP contribution < -0.4 is 20.7 Å². The average molecular weight is 988 g/mol. The van der Waals surface area contributed by atoms with Crippen LogP contribution in [0, 0.1) is 17.3 Å². The van der Waals surface area contributed by atoms with Gasteiger partial charge in [-0.15, -0.1) is 0 Å². The number of hydrazine groups is 1. The van der Waals surface area contributed by atoms with Crippen molar-refractivity contribution in [2.75, 3.05) is 65.0 Å². The number of amides is 4. The number of ether oxygens (including phenoxy) is 3. The molecule has 4 aromatic rings. The van der Waals surface area contributed by atoms with E-state index >= 15 is 4.39 Å². The third-order valence-electron chi connectivity index (χ3n) is 14.6. The lowest BCUT2D eigenvalue weighted by molar-refractivity contribution is -0.154. The monoisotopic (exact) mass is 988 g/mol. The molecule has 71 heavy (non-hydrogen) atoms. The van der Waals surface area contributed by atoms with Gasteiger partial charge in [-0.1, -0.05) is 27.7 Å². The van der Waals surface area contributed by atoms with Crippen molar-refractivity contribution in [2.24, 2.45) is 11.3 Å². The number of piperidine rings is 1. The number of hydrogen-bond donors (Lipinski definition) is 2. The average Bonchev–Trinajstić information content (AvgIpc) is 3.64. The molecular weight excluding hydrogens is 919 g/mol. The van der Waals surface area contributed by atoms with Crippen molar-refractivity contribution in [1.29, 1.82) is 0 Å². The third-order valence-corrected chi connectivity index (χ3v) is 14.6. The van der Waals surface area contributed by atoms with Crippen molar-refractivity contribution >= 4 is 46.3 Å².